The molecule has 0 atom stereocenters. The molecule has 2 rings (SSSR count). The number of thiazole rings is 1. The summed E-state index contributed by atoms with van der Waals surface area (Å²) in [5.74, 6) is 0.489. The van der Waals surface area contributed by atoms with E-state index in [0.717, 1.165) is 6.42 Å². The van der Waals surface area contributed by atoms with Crippen LogP contribution in [0.25, 0.3) is 0 Å². The van der Waals surface area contributed by atoms with E-state index < -0.39 is 0 Å². The summed E-state index contributed by atoms with van der Waals surface area (Å²) in [6.07, 6.45) is 2.72. The molecular weight excluding hydrogens is 284 g/mol. The number of rotatable bonds is 6. The molecule has 112 valence electrons. The third-order valence-electron chi connectivity index (χ3n) is 3.57. The highest BCUT2D eigenvalue weighted by Gasteiger charge is 2.17. The zero-order valence-electron chi connectivity index (χ0n) is 12.6. The molecule has 1 N–H and O–H groups in total. The Kier molecular flexibility index (Phi) is 4.96. The van der Waals surface area contributed by atoms with Gasteiger partial charge in [-0.15, -0.1) is 11.3 Å². The predicted octanol–water partition coefficient (Wildman–Crippen LogP) is 3.85. The molecule has 0 radical (unpaired) electrons. The maximum Gasteiger partial charge on any atom is 0.264 e. The monoisotopic (exact) mass is 304 g/mol. The Morgan fingerprint density at radius 1 is 1.33 bits per heavy atom. The molecule has 0 saturated carbocycles. The summed E-state index contributed by atoms with van der Waals surface area (Å²) in [4.78, 5) is 15.7. The van der Waals surface area contributed by atoms with E-state index in [0.29, 0.717) is 10.9 Å². The van der Waals surface area contributed by atoms with Gasteiger partial charge in [0.2, 0.25) is 0 Å². The van der Waals surface area contributed by atoms with Crippen LogP contribution in [0.15, 0.2) is 35.8 Å². The normalized spacial score (nSPS) is 11.2. The van der Waals surface area contributed by atoms with Gasteiger partial charge in [-0.3, -0.25) is 10.1 Å². The Hall–Kier alpha value is -1.88. The van der Waals surface area contributed by atoms with Crippen LogP contribution in [0.2, 0.25) is 0 Å². The Morgan fingerprint density at radius 2 is 2.05 bits per heavy atom. The number of carbonyl (C=O) groups excluding carboxylic acids is 1. The highest BCUT2D eigenvalue weighted by Crippen LogP contribution is 2.28. The maximum atomic E-state index is 11.7. The van der Waals surface area contributed by atoms with Gasteiger partial charge in [-0.2, -0.15) is 0 Å². The van der Waals surface area contributed by atoms with Crippen LogP contribution in [0.5, 0.6) is 5.75 Å². The molecule has 0 bridgehead atoms. The van der Waals surface area contributed by atoms with Crippen molar-refractivity contribution in [2.45, 2.75) is 32.6 Å². The maximum absolute atomic E-state index is 11.7. The Balaban J connectivity index is 1.87. The number of anilines is 1. The molecule has 0 unspecified atom stereocenters. The summed E-state index contributed by atoms with van der Waals surface area (Å²) in [5.41, 5.74) is 1.42. The lowest BCUT2D eigenvalue weighted by Crippen LogP contribution is -2.20. The second-order valence-corrected chi connectivity index (χ2v) is 6.33. The smallest absolute Gasteiger partial charge is 0.264 e. The van der Waals surface area contributed by atoms with E-state index >= 15 is 0 Å². The van der Waals surface area contributed by atoms with Crippen LogP contribution >= 0.6 is 11.3 Å². The van der Waals surface area contributed by atoms with Crippen molar-refractivity contribution in [3.05, 3.63) is 41.4 Å². The number of carbonyl (C=O) groups is 1. The Labute approximate surface area is 129 Å². The molecule has 0 aliphatic carbocycles. The van der Waals surface area contributed by atoms with Crippen LogP contribution < -0.4 is 10.1 Å². The minimum atomic E-state index is -0.206. The van der Waals surface area contributed by atoms with E-state index in [1.807, 2.05) is 17.5 Å². The molecule has 0 aliphatic heterocycles. The molecule has 1 amide bonds. The molecule has 1 heterocycles. The lowest BCUT2D eigenvalue weighted by molar-refractivity contribution is -0.118. The van der Waals surface area contributed by atoms with Gasteiger partial charge in [-0.05, 0) is 29.5 Å². The van der Waals surface area contributed by atoms with E-state index in [9.17, 15) is 4.79 Å². The molecule has 4 nitrogen and oxygen atoms in total. The average molecular weight is 304 g/mol. The van der Waals surface area contributed by atoms with Gasteiger partial charge in [0.1, 0.15) is 5.75 Å². The molecular formula is C16H20N2O2S. The fraction of sp³-hybridized carbons (Fsp3) is 0.375. The lowest BCUT2D eigenvalue weighted by atomic mass is 9.82. The van der Waals surface area contributed by atoms with Crippen LogP contribution in [-0.2, 0) is 10.2 Å². The number of hydrogen-bond acceptors (Lipinski definition) is 4. The number of nitrogens with one attached hydrogen (secondary N) is 1. The van der Waals surface area contributed by atoms with Crippen molar-refractivity contribution in [1.29, 1.82) is 0 Å². The average Bonchev–Trinajstić information content (AvgIpc) is 2.98. The molecule has 21 heavy (non-hydrogen) atoms. The van der Waals surface area contributed by atoms with Crippen molar-refractivity contribution in [1.82, 2.24) is 4.98 Å². The third kappa shape index (κ3) is 4.29. The van der Waals surface area contributed by atoms with Gasteiger partial charge >= 0.3 is 0 Å². The van der Waals surface area contributed by atoms with Gasteiger partial charge in [0.25, 0.3) is 5.91 Å². The van der Waals surface area contributed by atoms with Crippen molar-refractivity contribution in [2.24, 2.45) is 0 Å². The predicted molar refractivity (Wildman–Crippen MR) is 86.0 cm³/mol. The van der Waals surface area contributed by atoms with E-state index in [4.69, 9.17) is 4.74 Å². The molecule has 2 aromatic rings. The first-order chi connectivity index (χ1) is 10.0. The molecule has 0 saturated heterocycles. The van der Waals surface area contributed by atoms with Crippen LogP contribution in [-0.4, -0.2) is 17.5 Å². The molecule has 0 spiro atoms. The third-order valence-corrected chi connectivity index (χ3v) is 4.26. The first-order valence-corrected chi connectivity index (χ1v) is 7.82. The quantitative estimate of drug-likeness (QED) is 0.882. The van der Waals surface area contributed by atoms with Crippen LogP contribution in [0, 0.1) is 0 Å². The molecule has 1 aromatic carbocycles. The summed E-state index contributed by atoms with van der Waals surface area (Å²) >= 11 is 1.38. The number of aromatic nitrogens is 1. The summed E-state index contributed by atoms with van der Waals surface area (Å²) in [7, 11) is 0. The molecule has 1 aromatic heterocycles. The minimum Gasteiger partial charge on any atom is -0.484 e. The number of benzene rings is 1. The number of amides is 1. The molecule has 5 heteroatoms. The van der Waals surface area contributed by atoms with Crippen molar-refractivity contribution >= 4 is 22.4 Å². The van der Waals surface area contributed by atoms with Crippen LogP contribution in [0.1, 0.15) is 32.8 Å². The van der Waals surface area contributed by atoms with Crippen molar-refractivity contribution in [3.8, 4) is 5.75 Å². The standard InChI is InChI=1S/C16H20N2O2S/c1-4-16(2,3)12-5-7-13(8-6-12)20-11-14(19)18-15-17-9-10-21-15/h5-10H,4,11H2,1-3H3,(H,17,18,19). The highest BCUT2D eigenvalue weighted by molar-refractivity contribution is 7.13. The summed E-state index contributed by atoms with van der Waals surface area (Å²) < 4.78 is 5.48. The second-order valence-electron chi connectivity index (χ2n) is 5.44. The van der Waals surface area contributed by atoms with E-state index in [2.05, 4.69) is 43.2 Å². The molecule has 0 aliphatic rings. The van der Waals surface area contributed by atoms with Gasteiger partial charge < -0.3 is 4.74 Å². The number of hydrogen-bond donors (Lipinski definition) is 1. The zero-order valence-corrected chi connectivity index (χ0v) is 13.4. The summed E-state index contributed by atoms with van der Waals surface area (Å²) in [5, 5.41) is 5.08. The Morgan fingerprint density at radius 3 is 2.62 bits per heavy atom. The molecule has 0 fully saturated rings. The number of ether oxygens (including phenoxy) is 1. The van der Waals surface area contributed by atoms with Crippen LogP contribution in [0.4, 0.5) is 5.13 Å². The largest absolute Gasteiger partial charge is 0.484 e. The number of nitrogens with zero attached hydrogens (tertiary/aromatic N) is 1. The van der Waals surface area contributed by atoms with Crippen molar-refractivity contribution in [2.75, 3.05) is 11.9 Å². The van der Waals surface area contributed by atoms with Gasteiger partial charge in [0.15, 0.2) is 11.7 Å². The van der Waals surface area contributed by atoms with E-state index in [1.165, 1.54) is 16.9 Å². The van der Waals surface area contributed by atoms with Gasteiger partial charge in [0.05, 0.1) is 0 Å². The Bertz CT molecular complexity index is 577. The second kappa shape index (κ2) is 6.72. The van der Waals surface area contributed by atoms with E-state index in [1.54, 1.807) is 6.20 Å². The first kappa shape index (κ1) is 15.5. The summed E-state index contributed by atoms with van der Waals surface area (Å²) in [6.45, 7) is 6.58. The summed E-state index contributed by atoms with van der Waals surface area (Å²) in [6, 6.07) is 7.92. The highest BCUT2D eigenvalue weighted by atomic mass is 32.1. The fourth-order valence-corrected chi connectivity index (χ4v) is 2.34. The minimum absolute atomic E-state index is 0.0178. The van der Waals surface area contributed by atoms with Crippen LogP contribution in [0.3, 0.4) is 0 Å². The fourth-order valence-electron chi connectivity index (χ4n) is 1.80. The lowest BCUT2D eigenvalue weighted by Gasteiger charge is -2.23. The zero-order chi connectivity index (χ0) is 15.3. The topological polar surface area (TPSA) is 51.2 Å². The van der Waals surface area contributed by atoms with Crippen molar-refractivity contribution in [3.63, 3.8) is 0 Å². The van der Waals surface area contributed by atoms with Gasteiger partial charge in [-0.1, -0.05) is 32.9 Å². The van der Waals surface area contributed by atoms with E-state index in [-0.39, 0.29) is 17.9 Å². The van der Waals surface area contributed by atoms with Gasteiger partial charge in [-0.25, -0.2) is 4.98 Å². The SMILES string of the molecule is CCC(C)(C)c1ccc(OCC(=O)Nc2nccs2)cc1. The first-order valence-electron chi connectivity index (χ1n) is 6.94. The van der Waals surface area contributed by atoms with Gasteiger partial charge in [0, 0.05) is 11.6 Å². The van der Waals surface area contributed by atoms with Crippen molar-refractivity contribution < 1.29 is 9.53 Å².